The highest BCUT2D eigenvalue weighted by atomic mass is 16.4. The standard InChI is InChI=1S/C8H6N4O2/c13-8(14)6-3-10-7(12-6)5-1-2-9-4-11-5/h1-4H,(H,10,12)(H,13,14). The molecule has 6 heteroatoms. The molecule has 0 radical (unpaired) electrons. The predicted molar refractivity (Wildman–Crippen MR) is 46.6 cm³/mol. The molecule has 0 amide bonds. The molecule has 0 fully saturated rings. The van der Waals surface area contributed by atoms with Gasteiger partial charge in [-0.2, -0.15) is 0 Å². The minimum absolute atomic E-state index is 0.0404. The van der Waals surface area contributed by atoms with Gasteiger partial charge in [0.25, 0.3) is 0 Å². The number of carboxylic acids is 1. The first-order chi connectivity index (χ1) is 6.77. The van der Waals surface area contributed by atoms with Gasteiger partial charge in [0.15, 0.2) is 5.82 Å². The minimum Gasteiger partial charge on any atom is -0.477 e. The van der Waals surface area contributed by atoms with Crippen molar-refractivity contribution in [1.82, 2.24) is 19.9 Å². The first-order valence-electron chi connectivity index (χ1n) is 3.82. The van der Waals surface area contributed by atoms with Crippen LogP contribution in [0.5, 0.6) is 0 Å². The summed E-state index contributed by atoms with van der Waals surface area (Å²) >= 11 is 0. The predicted octanol–water partition coefficient (Wildman–Crippen LogP) is 0.565. The molecule has 0 aromatic carbocycles. The Bertz CT molecular complexity index is 451. The number of rotatable bonds is 2. The maximum atomic E-state index is 10.5. The van der Waals surface area contributed by atoms with Gasteiger partial charge in [0.2, 0.25) is 0 Å². The zero-order chi connectivity index (χ0) is 9.97. The molecule has 0 saturated carbocycles. The van der Waals surface area contributed by atoms with Crippen LogP contribution in [0.3, 0.4) is 0 Å². The normalized spacial score (nSPS) is 10.0. The molecule has 0 aliphatic carbocycles. The average Bonchev–Trinajstić information content (AvgIpc) is 2.68. The topological polar surface area (TPSA) is 91.8 Å². The molecule has 2 aromatic rings. The summed E-state index contributed by atoms with van der Waals surface area (Å²) in [6.45, 7) is 0. The molecule has 14 heavy (non-hydrogen) atoms. The molecule has 0 spiro atoms. The summed E-state index contributed by atoms with van der Waals surface area (Å²) in [6.07, 6.45) is 4.18. The largest absolute Gasteiger partial charge is 0.477 e. The second kappa shape index (κ2) is 3.25. The second-order valence-corrected chi connectivity index (χ2v) is 2.55. The highest BCUT2D eigenvalue weighted by Gasteiger charge is 2.08. The number of carbonyl (C=O) groups is 1. The van der Waals surface area contributed by atoms with Crippen molar-refractivity contribution in [2.45, 2.75) is 0 Å². The Kier molecular flexibility index (Phi) is 1.94. The van der Waals surface area contributed by atoms with E-state index in [1.165, 1.54) is 12.5 Å². The van der Waals surface area contributed by atoms with Crippen molar-refractivity contribution < 1.29 is 9.90 Å². The number of nitrogens with zero attached hydrogens (tertiary/aromatic N) is 3. The Balaban J connectivity index is 2.39. The molecule has 0 saturated heterocycles. The first kappa shape index (κ1) is 8.36. The summed E-state index contributed by atoms with van der Waals surface area (Å²) in [5, 5.41) is 8.64. The van der Waals surface area contributed by atoms with E-state index < -0.39 is 5.97 Å². The number of H-pyrrole nitrogens is 1. The van der Waals surface area contributed by atoms with E-state index in [0.29, 0.717) is 11.5 Å². The lowest BCUT2D eigenvalue weighted by Crippen LogP contribution is -1.95. The summed E-state index contributed by atoms with van der Waals surface area (Å²) in [5.41, 5.74) is 0.603. The molecular formula is C8H6N4O2. The van der Waals surface area contributed by atoms with Crippen LogP contribution in [0, 0.1) is 0 Å². The Morgan fingerprint density at radius 3 is 2.86 bits per heavy atom. The van der Waals surface area contributed by atoms with Crippen LogP contribution in [0.15, 0.2) is 24.8 Å². The number of aromatic nitrogens is 4. The van der Waals surface area contributed by atoms with Gasteiger partial charge in [0.1, 0.15) is 17.7 Å². The molecule has 6 nitrogen and oxygen atoms in total. The molecule has 0 unspecified atom stereocenters. The van der Waals surface area contributed by atoms with E-state index in [1.807, 2.05) is 0 Å². The van der Waals surface area contributed by atoms with E-state index in [0.717, 1.165) is 0 Å². The fourth-order valence-electron chi connectivity index (χ4n) is 0.991. The van der Waals surface area contributed by atoms with Gasteiger partial charge in [-0.05, 0) is 6.07 Å². The molecule has 2 heterocycles. The van der Waals surface area contributed by atoms with E-state index in [2.05, 4.69) is 19.9 Å². The van der Waals surface area contributed by atoms with E-state index in [4.69, 9.17) is 5.11 Å². The van der Waals surface area contributed by atoms with Gasteiger partial charge in [-0.15, -0.1) is 0 Å². The summed E-state index contributed by atoms with van der Waals surface area (Å²) in [5.74, 6) is -0.623. The summed E-state index contributed by atoms with van der Waals surface area (Å²) in [4.78, 5) is 24.7. The van der Waals surface area contributed by atoms with Crippen LogP contribution in [-0.4, -0.2) is 31.0 Å². The molecule has 2 aromatic heterocycles. The van der Waals surface area contributed by atoms with Gasteiger partial charge in [-0.25, -0.2) is 19.7 Å². The molecular weight excluding hydrogens is 184 g/mol. The first-order valence-corrected chi connectivity index (χ1v) is 3.82. The molecule has 2 N–H and O–H groups in total. The molecule has 70 valence electrons. The number of hydrogen-bond donors (Lipinski definition) is 2. The van der Waals surface area contributed by atoms with Gasteiger partial charge < -0.3 is 10.1 Å². The maximum absolute atomic E-state index is 10.5. The fourth-order valence-corrected chi connectivity index (χ4v) is 0.991. The van der Waals surface area contributed by atoms with E-state index >= 15 is 0 Å². The quantitative estimate of drug-likeness (QED) is 0.722. The summed E-state index contributed by atoms with van der Waals surface area (Å²) < 4.78 is 0. The van der Waals surface area contributed by atoms with Gasteiger partial charge in [0.05, 0.1) is 6.20 Å². The number of imidazole rings is 1. The Labute approximate surface area is 78.7 Å². The number of aromatic carboxylic acids is 1. The molecule has 0 atom stereocenters. The van der Waals surface area contributed by atoms with Crippen LogP contribution in [0.25, 0.3) is 11.5 Å². The summed E-state index contributed by atoms with van der Waals surface area (Å²) in [6, 6.07) is 1.64. The molecule has 0 aliphatic rings. The van der Waals surface area contributed by atoms with Crippen molar-refractivity contribution in [1.29, 1.82) is 0 Å². The molecule has 2 rings (SSSR count). The third-order valence-corrected chi connectivity index (χ3v) is 1.63. The maximum Gasteiger partial charge on any atom is 0.353 e. The zero-order valence-corrected chi connectivity index (χ0v) is 7.01. The highest BCUT2D eigenvalue weighted by Crippen LogP contribution is 2.10. The SMILES string of the molecule is O=C(O)c1cnc(-c2ccncn2)[nH]1. The van der Waals surface area contributed by atoms with Crippen molar-refractivity contribution in [3.63, 3.8) is 0 Å². The van der Waals surface area contributed by atoms with Crippen molar-refractivity contribution in [2.75, 3.05) is 0 Å². The fraction of sp³-hybridized carbons (Fsp3) is 0. The van der Waals surface area contributed by atoms with Crippen LogP contribution in [0.1, 0.15) is 10.5 Å². The van der Waals surface area contributed by atoms with Crippen LogP contribution >= 0.6 is 0 Å². The van der Waals surface area contributed by atoms with Gasteiger partial charge in [0, 0.05) is 6.20 Å². The van der Waals surface area contributed by atoms with Gasteiger partial charge in [-0.3, -0.25) is 0 Å². The van der Waals surface area contributed by atoms with Crippen LogP contribution < -0.4 is 0 Å². The lowest BCUT2D eigenvalue weighted by molar-refractivity contribution is 0.0691. The van der Waals surface area contributed by atoms with Gasteiger partial charge >= 0.3 is 5.97 Å². The highest BCUT2D eigenvalue weighted by molar-refractivity contribution is 5.85. The van der Waals surface area contributed by atoms with Crippen LogP contribution in [0.4, 0.5) is 0 Å². The minimum atomic E-state index is -1.04. The van der Waals surface area contributed by atoms with Crippen LogP contribution in [-0.2, 0) is 0 Å². The number of nitrogens with one attached hydrogen (secondary N) is 1. The monoisotopic (exact) mass is 190 g/mol. The van der Waals surface area contributed by atoms with Crippen molar-refractivity contribution in [3.05, 3.63) is 30.5 Å². The van der Waals surface area contributed by atoms with Crippen molar-refractivity contribution >= 4 is 5.97 Å². The number of carboxylic acid groups (broad SMARTS) is 1. The van der Waals surface area contributed by atoms with E-state index in [1.54, 1.807) is 12.3 Å². The third kappa shape index (κ3) is 1.45. The Hall–Kier alpha value is -2.24. The lowest BCUT2D eigenvalue weighted by Gasteiger charge is -1.92. The zero-order valence-electron chi connectivity index (χ0n) is 7.01. The third-order valence-electron chi connectivity index (χ3n) is 1.63. The van der Waals surface area contributed by atoms with Gasteiger partial charge in [-0.1, -0.05) is 0 Å². The molecule has 0 aliphatic heterocycles. The number of aromatic amines is 1. The Morgan fingerprint density at radius 1 is 1.43 bits per heavy atom. The van der Waals surface area contributed by atoms with E-state index in [-0.39, 0.29) is 5.69 Å². The van der Waals surface area contributed by atoms with Crippen molar-refractivity contribution in [3.8, 4) is 11.5 Å². The number of hydrogen-bond acceptors (Lipinski definition) is 4. The summed E-state index contributed by atoms with van der Waals surface area (Å²) in [7, 11) is 0. The van der Waals surface area contributed by atoms with Crippen LogP contribution in [0.2, 0.25) is 0 Å². The van der Waals surface area contributed by atoms with E-state index in [9.17, 15) is 4.79 Å². The average molecular weight is 190 g/mol. The smallest absolute Gasteiger partial charge is 0.353 e. The second-order valence-electron chi connectivity index (χ2n) is 2.55. The van der Waals surface area contributed by atoms with Crippen molar-refractivity contribution in [2.24, 2.45) is 0 Å². The lowest BCUT2D eigenvalue weighted by atomic mass is 10.4. The molecule has 0 bridgehead atoms. The Morgan fingerprint density at radius 2 is 2.29 bits per heavy atom.